The summed E-state index contributed by atoms with van der Waals surface area (Å²) in [6, 6.07) is 5.31. The van der Waals surface area contributed by atoms with Crippen LogP contribution in [0.4, 0.5) is 5.82 Å². The van der Waals surface area contributed by atoms with E-state index in [2.05, 4.69) is 15.4 Å². The van der Waals surface area contributed by atoms with Crippen molar-refractivity contribution < 1.29 is 9.47 Å². The molecule has 0 spiro atoms. The van der Waals surface area contributed by atoms with Crippen molar-refractivity contribution in [3.8, 4) is 22.9 Å². The van der Waals surface area contributed by atoms with Crippen molar-refractivity contribution in [2.75, 3.05) is 19.6 Å². The van der Waals surface area contributed by atoms with Crippen LogP contribution in [0.25, 0.3) is 11.4 Å². The van der Waals surface area contributed by atoms with Gasteiger partial charge in [-0.3, -0.25) is 0 Å². The van der Waals surface area contributed by atoms with E-state index in [-0.39, 0.29) is 0 Å². The molecule has 21 heavy (non-hydrogen) atoms. The molecule has 1 heterocycles. The number of methoxy groups -OCH3 is 2. The molecule has 0 bridgehead atoms. The summed E-state index contributed by atoms with van der Waals surface area (Å²) in [6.45, 7) is 2.01. The predicted octanol–water partition coefficient (Wildman–Crippen LogP) is 2.66. The lowest BCUT2D eigenvalue weighted by atomic mass is 10.1. The minimum Gasteiger partial charge on any atom is -0.493 e. The number of hydrogen-bond acceptors (Lipinski definition) is 6. The van der Waals surface area contributed by atoms with Gasteiger partial charge in [-0.2, -0.15) is 0 Å². The second-order valence-corrected chi connectivity index (χ2v) is 4.67. The Morgan fingerprint density at radius 3 is 2.52 bits per heavy atom. The molecular weight excluding hydrogens is 292 g/mol. The summed E-state index contributed by atoms with van der Waals surface area (Å²) in [5, 5.41) is 0.430. The number of nitrogens with two attached hydrogens (primary N) is 1. The Labute approximate surface area is 128 Å². The molecule has 112 valence electrons. The quantitative estimate of drug-likeness (QED) is 0.653. The number of nitrogens with one attached hydrogen (secondary N) is 1. The second kappa shape index (κ2) is 6.60. The fourth-order valence-corrected chi connectivity index (χ4v) is 2.22. The molecule has 2 rings (SSSR count). The SMILES string of the molecule is CCc1cc(NN)nc(-c2cc(Cl)c(OC)c(OC)c2)n1. The van der Waals surface area contributed by atoms with Gasteiger partial charge in [-0.15, -0.1) is 0 Å². The smallest absolute Gasteiger partial charge is 0.179 e. The fourth-order valence-electron chi connectivity index (χ4n) is 1.93. The number of hydrogen-bond donors (Lipinski definition) is 2. The van der Waals surface area contributed by atoms with E-state index in [1.54, 1.807) is 25.3 Å². The van der Waals surface area contributed by atoms with Crippen LogP contribution in [0, 0.1) is 0 Å². The molecule has 0 fully saturated rings. The van der Waals surface area contributed by atoms with E-state index >= 15 is 0 Å². The summed E-state index contributed by atoms with van der Waals surface area (Å²) in [5.74, 6) is 7.50. The van der Waals surface area contributed by atoms with Crippen molar-refractivity contribution in [1.29, 1.82) is 0 Å². The number of benzene rings is 1. The minimum absolute atomic E-state index is 0.430. The summed E-state index contributed by atoms with van der Waals surface area (Å²) < 4.78 is 10.5. The van der Waals surface area contributed by atoms with Gasteiger partial charge in [0.25, 0.3) is 0 Å². The number of rotatable bonds is 5. The minimum atomic E-state index is 0.430. The Morgan fingerprint density at radius 2 is 1.95 bits per heavy atom. The molecule has 1 aromatic heterocycles. The highest BCUT2D eigenvalue weighted by Gasteiger charge is 2.14. The zero-order valence-electron chi connectivity index (χ0n) is 12.1. The van der Waals surface area contributed by atoms with Crippen molar-refractivity contribution in [2.24, 2.45) is 5.84 Å². The van der Waals surface area contributed by atoms with Crippen LogP contribution < -0.4 is 20.7 Å². The molecule has 3 N–H and O–H groups in total. The first-order valence-corrected chi connectivity index (χ1v) is 6.77. The average Bonchev–Trinajstić information content (AvgIpc) is 2.53. The summed E-state index contributed by atoms with van der Waals surface area (Å²) in [4.78, 5) is 8.82. The number of halogens is 1. The van der Waals surface area contributed by atoms with Crippen molar-refractivity contribution >= 4 is 17.4 Å². The Kier molecular flexibility index (Phi) is 4.82. The first kappa shape index (κ1) is 15.3. The first-order chi connectivity index (χ1) is 10.1. The maximum atomic E-state index is 6.21. The molecule has 6 nitrogen and oxygen atoms in total. The Bertz CT molecular complexity index is 627. The van der Waals surface area contributed by atoms with Crippen LogP contribution >= 0.6 is 11.6 Å². The summed E-state index contributed by atoms with van der Waals surface area (Å²) in [7, 11) is 3.09. The van der Waals surface area contributed by atoms with Crippen LogP contribution in [0.2, 0.25) is 5.02 Å². The van der Waals surface area contributed by atoms with Crippen LogP contribution in [0.1, 0.15) is 12.6 Å². The Balaban J connectivity index is 2.58. The normalized spacial score (nSPS) is 10.3. The molecule has 7 heteroatoms. The molecule has 0 aliphatic heterocycles. The summed E-state index contributed by atoms with van der Waals surface area (Å²) >= 11 is 6.21. The van der Waals surface area contributed by atoms with E-state index in [1.807, 2.05) is 6.92 Å². The second-order valence-electron chi connectivity index (χ2n) is 4.26. The lowest BCUT2D eigenvalue weighted by Gasteiger charge is -2.12. The molecule has 0 unspecified atom stereocenters. The molecule has 0 aliphatic carbocycles. The number of ether oxygens (including phenoxy) is 2. The zero-order chi connectivity index (χ0) is 15.4. The third-order valence-corrected chi connectivity index (χ3v) is 3.26. The summed E-state index contributed by atoms with van der Waals surface area (Å²) in [6.07, 6.45) is 0.769. The van der Waals surface area contributed by atoms with Gasteiger partial charge >= 0.3 is 0 Å². The molecule has 0 radical (unpaired) electrons. The van der Waals surface area contributed by atoms with Crippen LogP contribution in [-0.4, -0.2) is 24.2 Å². The number of aryl methyl sites for hydroxylation is 1. The number of hydrazine groups is 1. The first-order valence-electron chi connectivity index (χ1n) is 6.39. The van der Waals surface area contributed by atoms with Gasteiger partial charge in [0.15, 0.2) is 17.3 Å². The van der Waals surface area contributed by atoms with E-state index in [9.17, 15) is 0 Å². The standard InChI is InChI=1S/C14H17ClN4O2/c1-4-9-7-12(19-16)18-14(17-9)8-5-10(15)13(21-3)11(6-8)20-2/h5-7H,4,16H2,1-3H3,(H,17,18,19). The van der Waals surface area contributed by atoms with Gasteiger partial charge in [0, 0.05) is 17.3 Å². The maximum absolute atomic E-state index is 6.21. The van der Waals surface area contributed by atoms with Gasteiger partial charge in [-0.25, -0.2) is 15.8 Å². The highest BCUT2D eigenvalue weighted by atomic mass is 35.5. The molecule has 0 saturated carbocycles. The number of anilines is 1. The monoisotopic (exact) mass is 308 g/mol. The third kappa shape index (κ3) is 3.17. The highest BCUT2D eigenvalue weighted by molar-refractivity contribution is 6.32. The topological polar surface area (TPSA) is 82.3 Å². The predicted molar refractivity (Wildman–Crippen MR) is 82.8 cm³/mol. The zero-order valence-corrected chi connectivity index (χ0v) is 12.9. The summed E-state index contributed by atoms with van der Waals surface area (Å²) in [5.41, 5.74) is 4.14. The van der Waals surface area contributed by atoms with Crippen LogP contribution in [-0.2, 0) is 6.42 Å². The molecule has 0 amide bonds. The van der Waals surface area contributed by atoms with Gasteiger partial charge in [0.05, 0.1) is 19.2 Å². The molecular formula is C14H17ClN4O2. The van der Waals surface area contributed by atoms with E-state index in [4.69, 9.17) is 26.9 Å². The molecule has 1 aromatic carbocycles. The van der Waals surface area contributed by atoms with E-state index in [1.165, 1.54) is 7.11 Å². The molecule has 0 atom stereocenters. The fraction of sp³-hybridized carbons (Fsp3) is 0.286. The lowest BCUT2D eigenvalue weighted by molar-refractivity contribution is 0.355. The lowest BCUT2D eigenvalue weighted by Crippen LogP contribution is -2.10. The van der Waals surface area contributed by atoms with E-state index < -0.39 is 0 Å². The van der Waals surface area contributed by atoms with Crippen LogP contribution in [0.3, 0.4) is 0 Å². The van der Waals surface area contributed by atoms with Gasteiger partial charge in [0.2, 0.25) is 0 Å². The molecule has 2 aromatic rings. The molecule has 0 aliphatic rings. The number of nitrogens with zero attached hydrogens (tertiary/aromatic N) is 2. The van der Waals surface area contributed by atoms with Gasteiger partial charge in [-0.05, 0) is 18.6 Å². The molecule has 0 saturated heterocycles. The van der Waals surface area contributed by atoms with Gasteiger partial charge in [-0.1, -0.05) is 18.5 Å². The number of aromatic nitrogens is 2. The number of nitrogen functional groups attached to an aromatic ring is 1. The largest absolute Gasteiger partial charge is 0.493 e. The van der Waals surface area contributed by atoms with Crippen molar-refractivity contribution in [1.82, 2.24) is 9.97 Å². The average molecular weight is 309 g/mol. The van der Waals surface area contributed by atoms with E-state index in [0.29, 0.717) is 28.2 Å². The van der Waals surface area contributed by atoms with Crippen molar-refractivity contribution in [3.05, 3.63) is 28.9 Å². The maximum Gasteiger partial charge on any atom is 0.179 e. The van der Waals surface area contributed by atoms with E-state index in [0.717, 1.165) is 17.7 Å². The van der Waals surface area contributed by atoms with Crippen molar-refractivity contribution in [2.45, 2.75) is 13.3 Å². The van der Waals surface area contributed by atoms with Crippen LogP contribution in [0.15, 0.2) is 18.2 Å². The van der Waals surface area contributed by atoms with Crippen molar-refractivity contribution in [3.63, 3.8) is 0 Å². The highest BCUT2D eigenvalue weighted by Crippen LogP contribution is 2.38. The van der Waals surface area contributed by atoms with Gasteiger partial charge < -0.3 is 14.9 Å². The third-order valence-electron chi connectivity index (χ3n) is 2.98. The van der Waals surface area contributed by atoms with Crippen LogP contribution in [0.5, 0.6) is 11.5 Å². The Morgan fingerprint density at radius 1 is 1.19 bits per heavy atom. The van der Waals surface area contributed by atoms with Gasteiger partial charge in [0.1, 0.15) is 5.82 Å². The Hall–Kier alpha value is -2.05.